The SMILES string of the molecule is COC(=O)C(C)(F)P(C)(C)=O. The fraction of sp³-hybridized carbons (Fsp3) is 0.833. The predicted octanol–water partition coefficient (Wildman–Crippen LogP) is 1.47. The van der Waals surface area contributed by atoms with Crippen molar-refractivity contribution in [3.8, 4) is 0 Å². The molecule has 0 fully saturated rings. The number of ether oxygens (including phenoxy) is 1. The summed E-state index contributed by atoms with van der Waals surface area (Å²) in [7, 11) is -2.02. The second-order valence-electron chi connectivity index (χ2n) is 2.80. The van der Waals surface area contributed by atoms with Crippen LogP contribution in [0.3, 0.4) is 0 Å². The summed E-state index contributed by atoms with van der Waals surface area (Å²) in [4.78, 5) is 10.7. The van der Waals surface area contributed by atoms with Crippen LogP contribution in [0.2, 0.25) is 0 Å². The van der Waals surface area contributed by atoms with Gasteiger partial charge < -0.3 is 9.30 Å². The van der Waals surface area contributed by atoms with Gasteiger partial charge in [0.25, 0.3) is 5.41 Å². The van der Waals surface area contributed by atoms with Crippen LogP contribution in [0.4, 0.5) is 4.39 Å². The lowest BCUT2D eigenvalue weighted by molar-refractivity contribution is -0.148. The second-order valence-corrected chi connectivity index (χ2v) is 6.34. The molecule has 0 radical (unpaired) electrons. The van der Waals surface area contributed by atoms with Crippen molar-refractivity contribution < 1.29 is 18.5 Å². The Balaban J connectivity index is 4.74. The summed E-state index contributed by atoms with van der Waals surface area (Å²) in [6.45, 7) is 3.40. The summed E-state index contributed by atoms with van der Waals surface area (Å²) in [6.07, 6.45) is 0. The fourth-order valence-electron chi connectivity index (χ4n) is 0.406. The summed E-state index contributed by atoms with van der Waals surface area (Å²) < 4.78 is 28.6. The van der Waals surface area contributed by atoms with Crippen molar-refractivity contribution in [3.05, 3.63) is 0 Å². The number of carbonyl (C=O) groups excluding carboxylic acids is 1. The van der Waals surface area contributed by atoms with Gasteiger partial charge in [-0.05, 0) is 20.3 Å². The first kappa shape index (κ1) is 10.6. The van der Waals surface area contributed by atoms with Gasteiger partial charge in [-0.25, -0.2) is 9.18 Å². The minimum Gasteiger partial charge on any atom is -0.466 e. The minimum absolute atomic E-state index is 0.972. The zero-order valence-corrected chi connectivity index (χ0v) is 7.94. The van der Waals surface area contributed by atoms with Crippen LogP contribution in [0.15, 0.2) is 0 Å². The molecule has 0 amide bonds. The van der Waals surface area contributed by atoms with Crippen LogP contribution >= 0.6 is 7.14 Å². The summed E-state index contributed by atoms with van der Waals surface area (Å²) in [5.74, 6) is -1.08. The molecule has 0 aromatic rings. The van der Waals surface area contributed by atoms with E-state index in [2.05, 4.69) is 4.74 Å². The van der Waals surface area contributed by atoms with Gasteiger partial charge in [-0.15, -0.1) is 0 Å². The van der Waals surface area contributed by atoms with E-state index in [-0.39, 0.29) is 0 Å². The lowest BCUT2D eigenvalue weighted by atomic mass is 10.4. The lowest BCUT2D eigenvalue weighted by Crippen LogP contribution is -2.30. The van der Waals surface area contributed by atoms with Gasteiger partial charge in [-0.2, -0.15) is 0 Å². The molecule has 1 atom stereocenters. The molecule has 0 aliphatic rings. The van der Waals surface area contributed by atoms with E-state index in [0.29, 0.717) is 0 Å². The van der Waals surface area contributed by atoms with Gasteiger partial charge in [-0.1, -0.05) is 0 Å². The first-order valence-corrected chi connectivity index (χ1v) is 5.66. The lowest BCUT2D eigenvalue weighted by Gasteiger charge is -2.21. The van der Waals surface area contributed by atoms with E-state index in [4.69, 9.17) is 0 Å². The molecule has 0 rings (SSSR count). The third kappa shape index (κ3) is 2.03. The Morgan fingerprint density at radius 2 is 1.91 bits per heavy atom. The van der Waals surface area contributed by atoms with E-state index in [9.17, 15) is 13.8 Å². The quantitative estimate of drug-likeness (QED) is 0.479. The van der Waals surface area contributed by atoms with Crippen LogP contribution in [0, 0.1) is 0 Å². The Morgan fingerprint density at radius 1 is 1.55 bits per heavy atom. The number of rotatable bonds is 2. The molecule has 0 heterocycles. The summed E-state index contributed by atoms with van der Waals surface area (Å²) in [5, 5.41) is -2.36. The number of esters is 1. The van der Waals surface area contributed by atoms with Crippen LogP contribution in [-0.2, 0) is 14.1 Å². The van der Waals surface area contributed by atoms with Gasteiger partial charge in [-0.3, -0.25) is 0 Å². The number of halogens is 1. The molecule has 5 heteroatoms. The van der Waals surface area contributed by atoms with E-state index in [1.807, 2.05) is 0 Å². The third-order valence-corrected chi connectivity index (χ3v) is 3.77. The Labute approximate surface area is 65.3 Å². The van der Waals surface area contributed by atoms with Crippen LogP contribution in [0.5, 0.6) is 0 Å². The minimum atomic E-state index is -3.08. The maximum atomic E-state index is 13.3. The smallest absolute Gasteiger partial charge is 0.351 e. The normalized spacial score (nSPS) is 17.2. The molecule has 0 bridgehead atoms. The molecule has 3 nitrogen and oxygen atoms in total. The van der Waals surface area contributed by atoms with Gasteiger partial charge >= 0.3 is 5.97 Å². The monoisotopic (exact) mass is 182 g/mol. The summed E-state index contributed by atoms with van der Waals surface area (Å²) >= 11 is 0. The maximum absolute atomic E-state index is 13.3. The first-order valence-electron chi connectivity index (χ1n) is 3.06. The van der Waals surface area contributed by atoms with E-state index >= 15 is 0 Å². The van der Waals surface area contributed by atoms with Crippen LogP contribution < -0.4 is 0 Å². The maximum Gasteiger partial charge on any atom is 0.351 e. The van der Waals surface area contributed by atoms with Crippen LogP contribution in [0.1, 0.15) is 6.92 Å². The van der Waals surface area contributed by atoms with Crippen molar-refractivity contribution >= 4 is 13.1 Å². The Kier molecular flexibility index (Phi) is 2.84. The van der Waals surface area contributed by atoms with Gasteiger partial charge in [0.1, 0.15) is 7.14 Å². The van der Waals surface area contributed by atoms with Gasteiger partial charge in [0, 0.05) is 0 Å². The predicted molar refractivity (Wildman–Crippen MR) is 41.0 cm³/mol. The highest BCUT2D eigenvalue weighted by atomic mass is 31.2. The summed E-state index contributed by atoms with van der Waals surface area (Å²) in [5.41, 5.74) is 0. The Hall–Kier alpha value is -0.370. The van der Waals surface area contributed by atoms with E-state index in [1.165, 1.54) is 13.3 Å². The van der Waals surface area contributed by atoms with Crippen molar-refractivity contribution in [2.45, 2.75) is 12.3 Å². The number of alkyl halides is 1. The number of methoxy groups -OCH3 is 1. The highest BCUT2D eigenvalue weighted by Gasteiger charge is 2.45. The van der Waals surface area contributed by atoms with E-state index in [0.717, 1.165) is 14.0 Å². The zero-order valence-electron chi connectivity index (χ0n) is 7.05. The molecule has 66 valence electrons. The number of carbonyl (C=O) groups is 1. The molecular weight excluding hydrogens is 170 g/mol. The Bertz CT molecular complexity index is 206. The highest BCUT2D eigenvalue weighted by molar-refractivity contribution is 7.64. The van der Waals surface area contributed by atoms with Gasteiger partial charge in [0.05, 0.1) is 7.11 Å². The van der Waals surface area contributed by atoms with Crippen molar-refractivity contribution in [1.29, 1.82) is 0 Å². The molecule has 0 aromatic carbocycles. The molecule has 0 saturated heterocycles. The molecular formula is C6H12FO3P. The highest BCUT2D eigenvalue weighted by Crippen LogP contribution is 2.52. The van der Waals surface area contributed by atoms with Crippen molar-refractivity contribution in [2.75, 3.05) is 20.4 Å². The average molecular weight is 182 g/mol. The van der Waals surface area contributed by atoms with Crippen LogP contribution in [-0.4, -0.2) is 31.8 Å². The molecule has 0 aliphatic heterocycles. The largest absolute Gasteiger partial charge is 0.466 e. The zero-order chi connectivity index (χ0) is 9.28. The van der Waals surface area contributed by atoms with Gasteiger partial charge in [0.15, 0.2) is 0 Å². The topological polar surface area (TPSA) is 43.4 Å². The molecule has 1 unspecified atom stereocenters. The molecule has 0 aromatic heterocycles. The third-order valence-electron chi connectivity index (χ3n) is 1.57. The standard InChI is InChI=1S/C6H12FO3P/c1-6(7,5(8)10-2)11(3,4)9/h1-4H3. The summed E-state index contributed by atoms with van der Waals surface area (Å²) in [6, 6.07) is 0. The van der Waals surface area contributed by atoms with Crippen molar-refractivity contribution in [3.63, 3.8) is 0 Å². The number of hydrogen-bond acceptors (Lipinski definition) is 3. The Morgan fingerprint density at radius 3 is 2.00 bits per heavy atom. The first-order chi connectivity index (χ1) is 4.73. The van der Waals surface area contributed by atoms with Crippen molar-refractivity contribution in [1.82, 2.24) is 0 Å². The van der Waals surface area contributed by atoms with Crippen molar-refractivity contribution in [2.24, 2.45) is 0 Å². The fourth-order valence-corrected chi connectivity index (χ4v) is 0.937. The average Bonchev–Trinajstić information content (AvgIpc) is 1.83. The molecule has 0 N–H and O–H groups in total. The second kappa shape index (κ2) is 2.94. The van der Waals surface area contributed by atoms with Gasteiger partial charge in [0.2, 0.25) is 0 Å². The molecule has 0 spiro atoms. The van der Waals surface area contributed by atoms with E-state index in [1.54, 1.807) is 0 Å². The molecule has 11 heavy (non-hydrogen) atoms. The number of hydrogen-bond donors (Lipinski definition) is 0. The van der Waals surface area contributed by atoms with E-state index < -0.39 is 18.5 Å². The molecule has 0 saturated carbocycles. The molecule has 0 aliphatic carbocycles. The van der Waals surface area contributed by atoms with Crippen LogP contribution in [0.25, 0.3) is 0 Å².